The number of carbonyl (C=O) groups excluding carboxylic acids is 3. The molecule has 0 unspecified atom stereocenters. The van der Waals surface area contributed by atoms with Crippen molar-refractivity contribution in [3.8, 4) is 0 Å². The lowest BCUT2D eigenvalue weighted by Crippen LogP contribution is -2.53. The molecule has 210 valence electrons. The smallest absolute Gasteiger partial charge is 0.329 e. The molecule has 2 N–H and O–H groups in total. The van der Waals surface area contributed by atoms with Crippen LogP contribution in [0.5, 0.6) is 0 Å². The summed E-state index contributed by atoms with van der Waals surface area (Å²) in [7, 11) is 0. The molecule has 4 atom stereocenters. The monoisotopic (exact) mass is 538 g/mol. The number of rotatable bonds is 11. The Morgan fingerprint density at radius 2 is 1.69 bits per heavy atom. The molecule has 39 heavy (non-hydrogen) atoms. The second-order valence-corrected chi connectivity index (χ2v) is 10.1. The van der Waals surface area contributed by atoms with E-state index < -0.39 is 36.0 Å². The molecule has 0 radical (unpaired) electrons. The summed E-state index contributed by atoms with van der Waals surface area (Å²) < 4.78 is 24.0. The average molecular weight is 539 g/mol. The number of Topliss-reactive ketones (excluding diaryl/α,β-unsaturated/α-hetero) is 1. The second-order valence-electron chi connectivity index (χ2n) is 10.1. The van der Waals surface area contributed by atoms with Crippen molar-refractivity contribution >= 4 is 17.8 Å². The van der Waals surface area contributed by atoms with Crippen molar-refractivity contribution < 1.29 is 33.3 Å². The predicted octanol–water partition coefficient (Wildman–Crippen LogP) is 3.69. The largest absolute Gasteiger partial charge is 0.461 e. The Morgan fingerprint density at radius 3 is 2.41 bits per heavy atom. The molecule has 2 fully saturated rings. The van der Waals surface area contributed by atoms with Crippen molar-refractivity contribution in [1.82, 2.24) is 10.6 Å². The van der Waals surface area contributed by atoms with Gasteiger partial charge in [0.25, 0.3) is 0 Å². The zero-order chi connectivity index (χ0) is 27.5. The fraction of sp³-hybridized carbons (Fsp3) is 0.500. The number of esters is 1. The standard InChI is InChI=1S/C30H38N2O7/c1-2-31-29(35)32-27(16-22-10-5-3-6-11-22)28(34)37-21-25-14-9-15-30(38-25)18-24(33)17-26(39-30)20-36-19-23-12-7-4-8-13-23/h3-8,10-13,25-27H,2,9,14-21H2,1H3,(H2,31,32,35)/t25-,26-,27-,30-/m0/s1. The van der Waals surface area contributed by atoms with Crippen LogP contribution >= 0.6 is 0 Å². The lowest BCUT2D eigenvalue weighted by atomic mass is 9.92. The van der Waals surface area contributed by atoms with Gasteiger partial charge in [-0.15, -0.1) is 0 Å². The van der Waals surface area contributed by atoms with E-state index in [0.29, 0.717) is 32.4 Å². The van der Waals surface area contributed by atoms with Crippen LogP contribution in [0.4, 0.5) is 4.79 Å². The molecule has 0 bridgehead atoms. The minimum absolute atomic E-state index is 0.00960. The molecule has 4 rings (SSSR count). The van der Waals surface area contributed by atoms with Crippen LogP contribution < -0.4 is 10.6 Å². The van der Waals surface area contributed by atoms with E-state index in [2.05, 4.69) is 10.6 Å². The first kappa shape index (κ1) is 28.7. The van der Waals surface area contributed by atoms with E-state index in [4.69, 9.17) is 18.9 Å². The quantitative estimate of drug-likeness (QED) is 0.420. The SMILES string of the molecule is CCNC(=O)N[C@@H](Cc1ccccc1)C(=O)OC[C@@H]1CCC[C@]2(CC(=O)C[C@@H](COCc3ccccc3)O2)O1. The van der Waals surface area contributed by atoms with E-state index in [1.807, 2.05) is 60.7 Å². The van der Waals surface area contributed by atoms with Gasteiger partial charge in [0, 0.05) is 25.8 Å². The van der Waals surface area contributed by atoms with Gasteiger partial charge in [-0.05, 0) is 30.9 Å². The Bertz CT molecular complexity index is 1080. The molecule has 2 heterocycles. The first-order valence-electron chi connectivity index (χ1n) is 13.7. The van der Waals surface area contributed by atoms with Crippen LogP contribution in [-0.2, 0) is 41.6 Å². The van der Waals surface area contributed by atoms with E-state index in [1.165, 1.54) is 0 Å². The molecule has 2 amide bonds. The Kier molecular flexibility index (Phi) is 10.5. The predicted molar refractivity (Wildman–Crippen MR) is 144 cm³/mol. The highest BCUT2D eigenvalue weighted by Crippen LogP contribution is 2.38. The molecule has 1 spiro atoms. The molecule has 0 aromatic heterocycles. The number of hydrogen-bond acceptors (Lipinski definition) is 7. The fourth-order valence-electron chi connectivity index (χ4n) is 5.03. The van der Waals surface area contributed by atoms with E-state index in [1.54, 1.807) is 6.92 Å². The molecule has 2 aromatic rings. The van der Waals surface area contributed by atoms with E-state index in [-0.39, 0.29) is 31.8 Å². The number of hydrogen-bond donors (Lipinski definition) is 2. The number of ketones is 1. The molecule has 2 aromatic carbocycles. The number of urea groups is 1. The second kappa shape index (κ2) is 14.2. The Hall–Kier alpha value is -3.27. The molecule has 9 nitrogen and oxygen atoms in total. The van der Waals surface area contributed by atoms with Gasteiger partial charge in [0.15, 0.2) is 5.79 Å². The maximum absolute atomic E-state index is 13.0. The lowest BCUT2D eigenvalue weighted by molar-refractivity contribution is -0.313. The van der Waals surface area contributed by atoms with Crippen LogP contribution in [0.2, 0.25) is 0 Å². The molecule has 0 saturated carbocycles. The summed E-state index contributed by atoms with van der Waals surface area (Å²) in [5, 5.41) is 5.36. The number of carbonyl (C=O) groups is 3. The summed E-state index contributed by atoms with van der Waals surface area (Å²) in [5.41, 5.74) is 1.95. The third-order valence-corrected chi connectivity index (χ3v) is 6.81. The normalized spacial score (nSPS) is 23.7. The topological polar surface area (TPSA) is 112 Å². The van der Waals surface area contributed by atoms with E-state index in [0.717, 1.165) is 17.5 Å². The molecule has 0 aliphatic carbocycles. The van der Waals surface area contributed by atoms with E-state index in [9.17, 15) is 14.4 Å². The highest BCUT2D eigenvalue weighted by atomic mass is 16.7. The van der Waals surface area contributed by atoms with Crippen molar-refractivity contribution in [2.24, 2.45) is 0 Å². The van der Waals surface area contributed by atoms with E-state index >= 15 is 0 Å². The van der Waals surface area contributed by atoms with Gasteiger partial charge in [-0.3, -0.25) is 4.79 Å². The first-order chi connectivity index (χ1) is 18.9. The van der Waals surface area contributed by atoms with Crippen molar-refractivity contribution in [2.45, 2.75) is 76.1 Å². The van der Waals surface area contributed by atoms with Crippen LogP contribution in [0, 0.1) is 0 Å². The van der Waals surface area contributed by atoms with Gasteiger partial charge in [0.05, 0.1) is 31.8 Å². The minimum Gasteiger partial charge on any atom is -0.461 e. The molecular formula is C30H38N2O7. The summed E-state index contributed by atoms with van der Waals surface area (Å²) >= 11 is 0. The molecular weight excluding hydrogens is 500 g/mol. The van der Waals surface area contributed by atoms with Crippen molar-refractivity contribution in [3.63, 3.8) is 0 Å². The summed E-state index contributed by atoms with van der Waals surface area (Å²) in [6.45, 7) is 2.98. The van der Waals surface area contributed by atoms with Gasteiger partial charge in [-0.1, -0.05) is 60.7 Å². The summed E-state index contributed by atoms with van der Waals surface area (Å²) in [4.78, 5) is 37.8. The lowest BCUT2D eigenvalue weighted by Gasteiger charge is -2.45. The van der Waals surface area contributed by atoms with Crippen LogP contribution in [0.25, 0.3) is 0 Å². The number of ether oxygens (including phenoxy) is 4. The van der Waals surface area contributed by atoms with Crippen molar-refractivity contribution in [1.29, 1.82) is 0 Å². The van der Waals surface area contributed by atoms with Crippen LogP contribution in [-0.4, -0.2) is 61.6 Å². The van der Waals surface area contributed by atoms with Gasteiger partial charge in [-0.2, -0.15) is 0 Å². The van der Waals surface area contributed by atoms with Crippen LogP contribution in [0.15, 0.2) is 60.7 Å². The highest BCUT2D eigenvalue weighted by molar-refractivity contribution is 5.84. The van der Waals surface area contributed by atoms with Gasteiger partial charge in [-0.25, -0.2) is 9.59 Å². The van der Waals surface area contributed by atoms with Crippen LogP contribution in [0.3, 0.4) is 0 Å². The average Bonchev–Trinajstić information content (AvgIpc) is 2.92. The maximum Gasteiger partial charge on any atom is 0.329 e. The molecule has 2 aliphatic heterocycles. The Balaban J connectivity index is 1.31. The Labute approximate surface area is 229 Å². The van der Waals surface area contributed by atoms with Gasteiger partial charge in [0.1, 0.15) is 18.4 Å². The molecule has 2 aliphatic rings. The summed E-state index contributed by atoms with van der Waals surface area (Å²) in [6.07, 6.45) is 1.98. The number of benzene rings is 2. The number of amides is 2. The van der Waals surface area contributed by atoms with Crippen LogP contribution in [0.1, 0.15) is 50.2 Å². The van der Waals surface area contributed by atoms with Crippen molar-refractivity contribution in [3.05, 3.63) is 71.8 Å². The summed E-state index contributed by atoms with van der Waals surface area (Å²) in [6, 6.07) is 18.0. The maximum atomic E-state index is 13.0. The fourth-order valence-corrected chi connectivity index (χ4v) is 5.03. The highest BCUT2D eigenvalue weighted by Gasteiger charge is 2.46. The third-order valence-electron chi connectivity index (χ3n) is 6.81. The molecule has 9 heteroatoms. The zero-order valence-corrected chi connectivity index (χ0v) is 22.4. The zero-order valence-electron chi connectivity index (χ0n) is 22.4. The van der Waals surface area contributed by atoms with Gasteiger partial charge >= 0.3 is 12.0 Å². The van der Waals surface area contributed by atoms with Crippen molar-refractivity contribution in [2.75, 3.05) is 19.8 Å². The first-order valence-corrected chi connectivity index (χ1v) is 13.7. The molecule has 2 saturated heterocycles. The minimum atomic E-state index is -1.03. The van der Waals surface area contributed by atoms with Gasteiger partial charge in [0.2, 0.25) is 0 Å². The number of nitrogens with one attached hydrogen (secondary N) is 2. The Morgan fingerprint density at radius 1 is 1.00 bits per heavy atom. The summed E-state index contributed by atoms with van der Waals surface area (Å²) in [5.74, 6) is -1.50. The third kappa shape index (κ3) is 8.88. The van der Waals surface area contributed by atoms with Gasteiger partial charge < -0.3 is 29.6 Å².